The van der Waals surface area contributed by atoms with Crippen molar-refractivity contribution in [2.45, 2.75) is 6.61 Å². The van der Waals surface area contributed by atoms with Crippen LogP contribution in [0.25, 0.3) is 6.08 Å². The molecule has 2 aliphatic heterocycles. The first-order valence-corrected chi connectivity index (χ1v) is 14.5. The van der Waals surface area contributed by atoms with Gasteiger partial charge >= 0.3 is 0 Å². The van der Waals surface area contributed by atoms with Crippen LogP contribution >= 0.6 is 27.7 Å². The lowest BCUT2D eigenvalue weighted by Gasteiger charge is -2.30. The zero-order valence-corrected chi connectivity index (χ0v) is 24.7. The van der Waals surface area contributed by atoms with Crippen molar-refractivity contribution in [3.8, 4) is 11.5 Å². The summed E-state index contributed by atoms with van der Waals surface area (Å²) in [6.07, 6.45) is 1.61. The second kappa shape index (κ2) is 13.2. The minimum Gasteiger partial charge on any atom is -0.493 e. The molecule has 0 saturated carbocycles. The number of nitrogens with one attached hydrogen (secondary N) is 1. The van der Waals surface area contributed by atoms with Crippen LogP contribution in [-0.4, -0.2) is 61.9 Å². The molecule has 2 aliphatic rings. The lowest BCUT2D eigenvalue weighted by Crippen LogP contribution is -2.38. The Kier molecular flexibility index (Phi) is 9.28. The summed E-state index contributed by atoms with van der Waals surface area (Å²) in [5.74, 6) is 0.0671. The van der Waals surface area contributed by atoms with Gasteiger partial charge in [0.15, 0.2) is 11.5 Å². The quantitative estimate of drug-likeness (QED) is 0.305. The van der Waals surface area contributed by atoms with E-state index in [-0.39, 0.29) is 11.4 Å². The van der Waals surface area contributed by atoms with Crippen LogP contribution in [0, 0.1) is 0 Å². The molecule has 1 N–H and O–H groups in total. The van der Waals surface area contributed by atoms with Crippen LogP contribution in [0.3, 0.4) is 0 Å². The van der Waals surface area contributed by atoms with Gasteiger partial charge in [0.2, 0.25) is 5.91 Å². The van der Waals surface area contributed by atoms with E-state index in [0.717, 1.165) is 32.4 Å². The summed E-state index contributed by atoms with van der Waals surface area (Å²) in [4.78, 5) is 42.0. The van der Waals surface area contributed by atoms with Gasteiger partial charge in [0.25, 0.3) is 11.1 Å². The predicted molar refractivity (Wildman–Crippen MR) is 162 cm³/mol. The molecule has 11 heteroatoms. The summed E-state index contributed by atoms with van der Waals surface area (Å²) in [5.41, 5.74) is 3.15. The van der Waals surface area contributed by atoms with Gasteiger partial charge in [0.05, 0.1) is 36.6 Å². The minimum atomic E-state index is -0.522. The standard InChI is InChI=1S/C30H28BrN3O6S/c1-38-26-16-21(8-11-25(26)40-19-20-6-9-22(31)10-7-20)17-27-29(36)34(30(37)41-27)18-28(35)32-23-4-2-3-5-24(23)33-12-14-39-15-13-33/h2-11,16-17H,12-15,18-19H2,1H3,(H,32,35)/b27-17-. The van der Waals surface area contributed by atoms with E-state index in [1.54, 1.807) is 30.3 Å². The number of imide groups is 1. The summed E-state index contributed by atoms with van der Waals surface area (Å²) in [6, 6.07) is 20.5. The molecular weight excluding hydrogens is 610 g/mol. The third-order valence-corrected chi connectivity index (χ3v) is 7.93. The molecule has 3 aromatic rings. The molecule has 3 aromatic carbocycles. The van der Waals surface area contributed by atoms with Crippen LogP contribution < -0.4 is 19.7 Å². The van der Waals surface area contributed by atoms with Crippen LogP contribution in [0.5, 0.6) is 11.5 Å². The fraction of sp³-hybridized carbons (Fsp3) is 0.233. The Morgan fingerprint density at radius 3 is 2.56 bits per heavy atom. The van der Waals surface area contributed by atoms with E-state index in [1.165, 1.54) is 7.11 Å². The molecular formula is C30H28BrN3O6S. The van der Waals surface area contributed by atoms with E-state index in [0.29, 0.717) is 55.7 Å². The third-order valence-electron chi connectivity index (χ3n) is 6.50. The molecule has 9 nitrogen and oxygen atoms in total. The van der Waals surface area contributed by atoms with Gasteiger partial charge in [-0.3, -0.25) is 19.3 Å². The predicted octanol–water partition coefficient (Wildman–Crippen LogP) is 5.55. The summed E-state index contributed by atoms with van der Waals surface area (Å²) >= 11 is 4.22. The molecule has 0 radical (unpaired) electrons. The Morgan fingerprint density at radius 2 is 1.80 bits per heavy atom. The van der Waals surface area contributed by atoms with E-state index in [9.17, 15) is 14.4 Å². The molecule has 2 saturated heterocycles. The fourth-order valence-electron chi connectivity index (χ4n) is 4.42. The number of thioether (sulfide) groups is 1. The molecule has 0 bridgehead atoms. The van der Waals surface area contributed by atoms with Gasteiger partial charge in [-0.05, 0) is 65.4 Å². The minimum absolute atomic E-state index is 0.224. The summed E-state index contributed by atoms with van der Waals surface area (Å²) in [6.45, 7) is 2.62. The number of ether oxygens (including phenoxy) is 3. The number of amides is 3. The first kappa shape index (κ1) is 28.7. The van der Waals surface area contributed by atoms with Gasteiger partial charge in [-0.1, -0.05) is 46.3 Å². The number of benzene rings is 3. The Hall–Kier alpha value is -3.80. The molecule has 212 valence electrons. The Balaban J connectivity index is 1.23. The Bertz CT molecular complexity index is 1470. The number of anilines is 2. The highest BCUT2D eigenvalue weighted by atomic mass is 79.9. The maximum atomic E-state index is 13.1. The number of para-hydroxylation sites is 2. The Labute approximate surface area is 250 Å². The zero-order valence-electron chi connectivity index (χ0n) is 22.3. The zero-order chi connectivity index (χ0) is 28.8. The van der Waals surface area contributed by atoms with Crippen molar-refractivity contribution in [3.05, 3.63) is 87.2 Å². The number of morpholine rings is 1. The number of rotatable bonds is 9. The number of halogens is 1. The van der Waals surface area contributed by atoms with Crippen LogP contribution in [0.4, 0.5) is 16.2 Å². The first-order chi connectivity index (χ1) is 19.9. The topological polar surface area (TPSA) is 97.4 Å². The van der Waals surface area contributed by atoms with Gasteiger partial charge in [0.1, 0.15) is 13.2 Å². The van der Waals surface area contributed by atoms with Gasteiger partial charge < -0.3 is 24.4 Å². The highest BCUT2D eigenvalue weighted by Crippen LogP contribution is 2.35. The van der Waals surface area contributed by atoms with Gasteiger partial charge in [-0.2, -0.15) is 0 Å². The second-order valence-corrected chi connectivity index (χ2v) is 11.2. The highest BCUT2D eigenvalue weighted by Gasteiger charge is 2.36. The smallest absolute Gasteiger partial charge is 0.294 e. The number of hydrogen-bond donors (Lipinski definition) is 1. The summed E-state index contributed by atoms with van der Waals surface area (Å²) < 4.78 is 17.8. The average molecular weight is 639 g/mol. The number of carbonyl (C=O) groups is 3. The number of carbonyl (C=O) groups excluding carboxylic acids is 3. The van der Waals surface area contributed by atoms with Crippen LogP contribution in [-0.2, 0) is 20.9 Å². The van der Waals surface area contributed by atoms with Crippen LogP contribution in [0.2, 0.25) is 0 Å². The third kappa shape index (κ3) is 7.10. The van der Waals surface area contributed by atoms with Crippen molar-refractivity contribution in [1.82, 2.24) is 4.90 Å². The molecule has 0 unspecified atom stereocenters. The largest absolute Gasteiger partial charge is 0.493 e. The molecule has 2 fully saturated rings. The Morgan fingerprint density at radius 1 is 1.05 bits per heavy atom. The fourth-order valence-corrected chi connectivity index (χ4v) is 5.52. The lowest BCUT2D eigenvalue weighted by molar-refractivity contribution is -0.127. The SMILES string of the molecule is COc1cc(/C=C2\SC(=O)N(CC(=O)Nc3ccccc3N3CCOCC3)C2=O)ccc1OCc1ccc(Br)cc1. The number of methoxy groups -OCH3 is 1. The molecule has 5 rings (SSSR count). The molecule has 0 aromatic heterocycles. The molecule has 3 amide bonds. The van der Waals surface area contributed by atoms with Crippen molar-refractivity contribution in [2.24, 2.45) is 0 Å². The first-order valence-electron chi connectivity index (χ1n) is 12.9. The number of hydrogen-bond acceptors (Lipinski definition) is 8. The monoisotopic (exact) mass is 637 g/mol. The lowest BCUT2D eigenvalue weighted by atomic mass is 10.1. The highest BCUT2D eigenvalue weighted by molar-refractivity contribution is 9.10. The van der Waals surface area contributed by atoms with Gasteiger partial charge in [0, 0.05) is 17.6 Å². The van der Waals surface area contributed by atoms with Crippen molar-refractivity contribution in [2.75, 3.05) is 50.2 Å². The van der Waals surface area contributed by atoms with Crippen molar-refractivity contribution in [3.63, 3.8) is 0 Å². The van der Waals surface area contributed by atoms with E-state index in [1.807, 2.05) is 42.5 Å². The maximum Gasteiger partial charge on any atom is 0.294 e. The van der Waals surface area contributed by atoms with E-state index in [2.05, 4.69) is 26.1 Å². The van der Waals surface area contributed by atoms with Crippen molar-refractivity contribution in [1.29, 1.82) is 0 Å². The van der Waals surface area contributed by atoms with Crippen LogP contribution in [0.15, 0.2) is 76.1 Å². The molecule has 0 atom stereocenters. The molecule has 0 spiro atoms. The van der Waals surface area contributed by atoms with Crippen molar-refractivity contribution >= 4 is 62.2 Å². The van der Waals surface area contributed by atoms with E-state index in [4.69, 9.17) is 14.2 Å². The van der Waals surface area contributed by atoms with Gasteiger partial charge in [-0.15, -0.1) is 0 Å². The number of nitrogens with zero attached hydrogens (tertiary/aromatic N) is 2. The van der Waals surface area contributed by atoms with Crippen molar-refractivity contribution < 1.29 is 28.6 Å². The van der Waals surface area contributed by atoms with Crippen LogP contribution in [0.1, 0.15) is 11.1 Å². The second-order valence-electron chi connectivity index (χ2n) is 9.26. The normalized spacial score (nSPS) is 16.3. The van der Waals surface area contributed by atoms with Gasteiger partial charge in [-0.25, -0.2) is 0 Å². The summed E-state index contributed by atoms with van der Waals surface area (Å²) in [5, 5.41) is 2.36. The molecule has 2 heterocycles. The maximum absolute atomic E-state index is 13.1. The average Bonchev–Trinajstić information content (AvgIpc) is 3.25. The van der Waals surface area contributed by atoms with E-state index >= 15 is 0 Å². The summed E-state index contributed by atoms with van der Waals surface area (Å²) in [7, 11) is 1.54. The molecule has 41 heavy (non-hydrogen) atoms. The van der Waals surface area contributed by atoms with E-state index < -0.39 is 17.1 Å². The molecule has 0 aliphatic carbocycles.